The van der Waals surface area contributed by atoms with Gasteiger partial charge in [0.15, 0.2) is 6.73 Å². The van der Waals surface area contributed by atoms with E-state index in [9.17, 15) is 9.59 Å². The molecule has 0 unspecified atom stereocenters. The maximum atomic E-state index is 11.6. The van der Waals surface area contributed by atoms with Gasteiger partial charge in [0.05, 0.1) is 6.61 Å². The molecule has 1 aromatic rings. The van der Waals surface area contributed by atoms with Crippen molar-refractivity contribution < 1.29 is 19.1 Å². The molecule has 116 valence electrons. The summed E-state index contributed by atoms with van der Waals surface area (Å²) in [5.41, 5.74) is 0.696. The SMILES string of the molecule is CCCCOC(=O)N(C)COc1ccc(NC(C)=O)cc1. The zero-order valence-corrected chi connectivity index (χ0v) is 12.7. The van der Waals surface area contributed by atoms with Crippen LogP contribution in [0.25, 0.3) is 0 Å². The molecule has 0 radical (unpaired) electrons. The van der Waals surface area contributed by atoms with Crippen LogP contribution in [0.2, 0.25) is 0 Å². The molecule has 0 saturated carbocycles. The van der Waals surface area contributed by atoms with Gasteiger partial charge in [-0.2, -0.15) is 0 Å². The summed E-state index contributed by atoms with van der Waals surface area (Å²) < 4.78 is 10.5. The van der Waals surface area contributed by atoms with Gasteiger partial charge in [-0.05, 0) is 30.7 Å². The second-order valence-electron chi connectivity index (χ2n) is 4.64. The fraction of sp³-hybridized carbons (Fsp3) is 0.467. The fourth-order valence-electron chi connectivity index (χ4n) is 1.48. The van der Waals surface area contributed by atoms with Gasteiger partial charge < -0.3 is 14.8 Å². The smallest absolute Gasteiger partial charge is 0.412 e. The van der Waals surface area contributed by atoms with Gasteiger partial charge in [-0.15, -0.1) is 0 Å². The summed E-state index contributed by atoms with van der Waals surface area (Å²) in [7, 11) is 1.61. The van der Waals surface area contributed by atoms with Crippen LogP contribution in [0.5, 0.6) is 5.75 Å². The highest BCUT2D eigenvalue weighted by Gasteiger charge is 2.09. The standard InChI is InChI=1S/C15H22N2O4/c1-4-5-10-20-15(19)17(3)11-21-14-8-6-13(7-9-14)16-12(2)18/h6-9H,4-5,10-11H2,1-3H3,(H,16,18). The first-order chi connectivity index (χ1) is 10.0. The molecule has 1 aromatic carbocycles. The summed E-state index contributed by atoms with van der Waals surface area (Å²) in [6.45, 7) is 4.00. The lowest BCUT2D eigenvalue weighted by Crippen LogP contribution is -2.31. The number of nitrogens with zero attached hydrogens (tertiary/aromatic N) is 1. The molecule has 0 aliphatic rings. The normalized spacial score (nSPS) is 9.86. The van der Waals surface area contributed by atoms with Gasteiger partial charge in [0.1, 0.15) is 5.75 Å². The Balaban J connectivity index is 2.36. The largest absolute Gasteiger partial charge is 0.473 e. The zero-order chi connectivity index (χ0) is 15.7. The first kappa shape index (κ1) is 16.8. The fourth-order valence-corrected chi connectivity index (χ4v) is 1.48. The van der Waals surface area contributed by atoms with Gasteiger partial charge in [0.2, 0.25) is 5.91 Å². The minimum Gasteiger partial charge on any atom is -0.473 e. The Labute approximate surface area is 125 Å². The lowest BCUT2D eigenvalue weighted by atomic mass is 10.3. The van der Waals surface area contributed by atoms with Crippen molar-refractivity contribution in [2.45, 2.75) is 26.7 Å². The summed E-state index contributed by atoms with van der Waals surface area (Å²) in [5, 5.41) is 2.66. The van der Waals surface area contributed by atoms with E-state index in [0.29, 0.717) is 18.0 Å². The van der Waals surface area contributed by atoms with Crippen LogP contribution in [0.4, 0.5) is 10.5 Å². The molecular weight excluding hydrogens is 272 g/mol. The Morgan fingerprint density at radius 1 is 1.24 bits per heavy atom. The van der Waals surface area contributed by atoms with Crippen molar-refractivity contribution in [2.24, 2.45) is 0 Å². The first-order valence-corrected chi connectivity index (χ1v) is 6.91. The number of nitrogens with one attached hydrogen (secondary N) is 1. The van der Waals surface area contributed by atoms with Gasteiger partial charge in [-0.25, -0.2) is 4.79 Å². The lowest BCUT2D eigenvalue weighted by molar-refractivity contribution is -0.114. The zero-order valence-electron chi connectivity index (χ0n) is 12.7. The van der Waals surface area contributed by atoms with Crippen molar-refractivity contribution in [3.63, 3.8) is 0 Å². The number of carbonyl (C=O) groups is 2. The molecule has 0 aliphatic carbocycles. The van der Waals surface area contributed by atoms with Crippen molar-refractivity contribution in [3.8, 4) is 5.75 Å². The van der Waals surface area contributed by atoms with Gasteiger partial charge in [0.25, 0.3) is 0 Å². The molecule has 0 aliphatic heterocycles. The number of hydrogen-bond donors (Lipinski definition) is 1. The summed E-state index contributed by atoms with van der Waals surface area (Å²) in [6.07, 6.45) is 1.43. The van der Waals surface area contributed by atoms with E-state index in [1.807, 2.05) is 6.92 Å². The third kappa shape index (κ3) is 6.65. The second-order valence-corrected chi connectivity index (χ2v) is 4.64. The van der Waals surface area contributed by atoms with Gasteiger partial charge in [0, 0.05) is 19.7 Å². The van der Waals surface area contributed by atoms with Crippen LogP contribution in [-0.4, -0.2) is 37.3 Å². The molecule has 0 spiro atoms. The Morgan fingerprint density at radius 2 is 1.90 bits per heavy atom. The highest BCUT2D eigenvalue weighted by atomic mass is 16.6. The van der Waals surface area contributed by atoms with Crippen LogP contribution >= 0.6 is 0 Å². The number of benzene rings is 1. The van der Waals surface area contributed by atoms with Gasteiger partial charge in [-0.3, -0.25) is 9.69 Å². The van der Waals surface area contributed by atoms with E-state index in [1.165, 1.54) is 11.8 Å². The molecule has 6 nitrogen and oxygen atoms in total. The molecule has 2 amide bonds. The average Bonchev–Trinajstić information content (AvgIpc) is 2.45. The van der Waals surface area contributed by atoms with E-state index in [4.69, 9.17) is 9.47 Å². The Morgan fingerprint density at radius 3 is 2.48 bits per heavy atom. The molecular formula is C15H22N2O4. The van der Waals surface area contributed by atoms with Crippen LogP contribution < -0.4 is 10.1 Å². The van der Waals surface area contributed by atoms with Crippen LogP contribution in [0.15, 0.2) is 24.3 Å². The Kier molecular flexibility index (Phi) is 7.08. The monoisotopic (exact) mass is 294 g/mol. The number of ether oxygens (including phenoxy) is 2. The third-order valence-corrected chi connectivity index (χ3v) is 2.63. The number of amides is 2. The number of unbranched alkanes of at least 4 members (excludes halogenated alkanes) is 1. The molecule has 0 atom stereocenters. The molecule has 0 aromatic heterocycles. The number of carbonyl (C=O) groups excluding carboxylic acids is 2. The molecule has 0 saturated heterocycles. The van der Waals surface area contributed by atoms with E-state index < -0.39 is 6.09 Å². The lowest BCUT2D eigenvalue weighted by Gasteiger charge is -2.17. The quantitative estimate of drug-likeness (QED) is 0.620. The van der Waals surface area contributed by atoms with Gasteiger partial charge >= 0.3 is 6.09 Å². The molecule has 0 bridgehead atoms. The van der Waals surface area contributed by atoms with Crippen molar-refractivity contribution >= 4 is 17.7 Å². The predicted molar refractivity (Wildman–Crippen MR) is 80.3 cm³/mol. The summed E-state index contributed by atoms with van der Waals surface area (Å²) in [6, 6.07) is 6.91. The molecule has 6 heteroatoms. The van der Waals surface area contributed by atoms with Crippen molar-refractivity contribution in [3.05, 3.63) is 24.3 Å². The summed E-state index contributed by atoms with van der Waals surface area (Å²) in [4.78, 5) is 23.8. The highest BCUT2D eigenvalue weighted by Crippen LogP contribution is 2.15. The van der Waals surface area contributed by atoms with Crippen molar-refractivity contribution in [1.82, 2.24) is 4.90 Å². The molecule has 1 rings (SSSR count). The van der Waals surface area contributed by atoms with Crippen molar-refractivity contribution in [1.29, 1.82) is 0 Å². The van der Waals surface area contributed by atoms with Crippen molar-refractivity contribution in [2.75, 3.05) is 25.7 Å². The number of anilines is 1. The molecule has 0 fully saturated rings. The van der Waals surface area contributed by atoms with Crippen LogP contribution in [0.3, 0.4) is 0 Å². The molecule has 0 heterocycles. The average molecular weight is 294 g/mol. The number of rotatable bonds is 7. The van der Waals surface area contributed by atoms with Gasteiger partial charge in [-0.1, -0.05) is 13.3 Å². The van der Waals surface area contributed by atoms with Crippen LogP contribution in [0, 0.1) is 0 Å². The summed E-state index contributed by atoms with van der Waals surface area (Å²) in [5.74, 6) is 0.482. The minimum atomic E-state index is -0.404. The first-order valence-electron chi connectivity index (χ1n) is 6.91. The summed E-state index contributed by atoms with van der Waals surface area (Å²) >= 11 is 0. The maximum Gasteiger partial charge on any atom is 0.412 e. The van der Waals surface area contributed by atoms with E-state index >= 15 is 0 Å². The van der Waals surface area contributed by atoms with E-state index in [1.54, 1.807) is 31.3 Å². The topological polar surface area (TPSA) is 67.9 Å². The van der Waals surface area contributed by atoms with E-state index in [2.05, 4.69) is 5.32 Å². The van der Waals surface area contributed by atoms with E-state index in [0.717, 1.165) is 12.8 Å². The second kappa shape index (κ2) is 8.84. The maximum absolute atomic E-state index is 11.6. The van der Waals surface area contributed by atoms with Crippen LogP contribution in [0.1, 0.15) is 26.7 Å². The number of hydrogen-bond acceptors (Lipinski definition) is 4. The highest BCUT2D eigenvalue weighted by molar-refractivity contribution is 5.88. The van der Waals surface area contributed by atoms with E-state index in [-0.39, 0.29) is 12.6 Å². The third-order valence-electron chi connectivity index (χ3n) is 2.63. The Hall–Kier alpha value is -2.24. The molecule has 1 N–H and O–H groups in total. The van der Waals surface area contributed by atoms with Crippen LogP contribution in [-0.2, 0) is 9.53 Å². The minimum absolute atomic E-state index is 0.102. The Bertz CT molecular complexity index is 459. The predicted octanol–water partition coefficient (Wildman–Crippen LogP) is 2.85. The molecule has 21 heavy (non-hydrogen) atoms.